The molecule has 0 aromatic rings. The first-order chi connectivity index (χ1) is 8.11. The summed E-state index contributed by atoms with van der Waals surface area (Å²) in [6.07, 6.45) is 4.22. The van der Waals surface area contributed by atoms with Crippen LogP contribution in [0.1, 0.15) is 6.42 Å². The number of aldehydes is 1. The predicted molar refractivity (Wildman–Crippen MR) is 56.9 cm³/mol. The van der Waals surface area contributed by atoms with Gasteiger partial charge in [-0.05, 0) is 12.5 Å². The fourth-order valence-corrected chi connectivity index (χ4v) is 2.79. The fraction of sp³-hybridized carbons (Fsp3) is 0.583. The van der Waals surface area contributed by atoms with Crippen LogP contribution >= 0.6 is 0 Å². The van der Waals surface area contributed by atoms with Gasteiger partial charge < -0.3 is 9.47 Å². The van der Waals surface area contributed by atoms with Gasteiger partial charge in [-0.15, -0.1) is 0 Å². The third-order valence-corrected chi connectivity index (χ3v) is 3.85. The van der Waals surface area contributed by atoms with Crippen LogP contribution in [0.5, 0.6) is 0 Å². The van der Waals surface area contributed by atoms with E-state index in [1.165, 1.54) is 14.2 Å². The SMILES string of the molecule is CO[C@]12C=C[C@H](C[C@@H]1C#N)[C@](C=O)(OC)C2=O. The van der Waals surface area contributed by atoms with Gasteiger partial charge in [-0.2, -0.15) is 5.26 Å². The molecule has 0 aliphatic heterocycles. The van der Waals surface area contributed by atoms with Gasteiger partial charge in [0.25, 0.3) is 0 Å². The van der Waals surface area contributed by atoms with Gasteiger partial charge in [-0.3, -0.25) is 9.59 Å². The van der Waals surface area contributed by atoms with Crippen LogP contribution in [-0.2, 0) is 19.1 Å². The minimum atomic E-state index is -1.50. The minimum absolute atomic E-state index is 0.388. The van der Waals surface area contributed by atoms with E-state index < -0.39 is 22.9 Å². The summed E-state index contributed by atoms with van der Waals surface area (Å²) in [6, 6.07) is 2.07. The molecular weight excluding hydrogens is 222 g/mol. The van der Waals surface area contributed by atoms with Crippen molar-refractivity contribution < 1.29 is 19.1 Å². The number of Topliss-reactive ketones (excluding diaryl/α,β-unsaturated/α-hetero) is 1. The predicted octanol–water partition coefficient (Wildman–Crippen LogP) is 0.254. The van der Waals surface area contributed by atoms with Crippen molar-refractivity contribution in [2.45, 2.75) is 17.6 Å². The highest BCUT2D eigenvalue weighted by atomic mass is 16.5. The van der Waals surface area contributed by atoms with Crippen molar-refractivity contribution in [3.63, 3.8) is 0 Å². The van der Waals surface area contributed by atoms with Gasteiger partial charge in [0.05, 0.1) is 12.0 Å². The molecule has 0 unspecified atom stereocenters. The zero-order chi connectivity index (χ0) is 12.7. The smallest absolute Gasteiger partial charge is 0.209 e. The number of methoxy groups -OCH3 is 2. The van der Waals surface area contributed by atoms with E-state index in [1.54, 1.807) is 12.2 Å². The van der Waals surface area contributed by atoms with Crippen molar-refractivity contribution in [1.82, 2.24) is 0 Å². The van der Waals surface area contributed by atoms with Crippen molar-refractivity contribution in [2.75, 3.05) is 14.2 Å². The zero-order valence-corrected chi connectivity index (χ0v) is 9.67. The summed E-state index contributed by atoms with van der Waals surface area (Å²) in [5.41, 5.74) is -2.85. The molecule has 2 bridgehead atoms. The summed E-state index contributed by atoms with van der Waals surface area (Å²) in [5.74, 6) is -1.44. The van der Waals surface area contributed by atoms with Crippen molar-refractivity contribution in [3.05, 3.63) is 12.2 Å². The van der Waals surface area contributed by atoms with Gasteiger partial charge in [0, 0.05) is 20.1 Å². The maximum absolute atomic E-state index is 12.4. The largest absolute Gasteiger partial charge is 0.365 e. The number of hydrogen-bond donors (Lipinski definition) is 0. The molecule has 1 fully saturated rings. The molecule has 0 aromatic carbocycles. The second kappa shape index (κ2) is 3.76. The van der Waals surface area contributed by atoms with Crippen LogP contribution in [0.3, 0.4) is 0 Å². The van der Waals surface area contributed by atoms with E-state index in [9.17, 15) is 9.59 Å². The molecule has 5 heteroatoms. The standard InChI is InChI=1S/C12H13NO4/c1-16-11-4-3-8(5-9(11)6-13)12(7-14,17-2)10(11)15/h3-4,7-9H,5H2,1-2H3/t8-,9-,11-,12+/m1/s1. The summed E-state index contributed by atoms with van der Waals surface area (Å²) in [6.45, 7) is 0. The lowest BCUT2D eigenvalue weighted by molar-refractivity contribution is -0.181. The number of hydrogen-bond acceptors (Lipinski definition) is 5. The van der Waals surface area contributed by atoms with E-state index >= 15 is 0 Å². The molecule has 17 heavy (non-hydrogen) atoms. The average Bonchev–Trinajstić information content (AvgIpc) is 2.40. The van der Waals surface area contributed by atoms with E-state index in [2.05, 4.69) is 6.07 Å². The van der Waals surface area contributed by atoms with Gasteiger partial charge in [0.2, 0.25) is 5.78 Å². The second-order valence-electron chi connectivity index (χ2n) is 4.32. The maximum atomic E-state index is 12.4. The Hall–Kier alpha value is -1.51. The van der Waals surface area contributed by atoms with E-state index in [4.69, 9.17) is 14.7 Å². The fourth-order valence-electron chi connectivity index (χ4n) is 2.79. The van der Waals surface area contributed by atoms with Crippen LogP contribution in [0.4, 0.5) is 0 Å². The number of carbonyl (C=O) groups excluding carboxylic acids is 2. The molecule has 3 rings (SSSR count). The summed E-state index contributed by atoms with van der Waals surface area (Å²) < 4.78 is 10.4. The van der Waals surface area contributed by atoms with Crippen molar-refractivity contribution in [3.8, 4) is 6.07 Å². The third-order valence-electron chi connectivity index (χ3n) is 3.85. The van der Waals surface area contributed by atoms with Gasteiger partial charge in [-0.25, -0.2) is 0 Å². The number of rotatable bonds is 3. The number of ketones is 1. The van der Waals surface area contributed by atoms with Gasteiger partial charge in [-0.1, -0.05) is 6.08 Å². The maximum Gasteiger partial charge on any atom is 0.209 e. The Morgan fingerprint density at radius 1 is 1.53 bits per heavy atom. The van der Waals surface area contributed by atoms with Gasteiger partial charge >= 0.3 is 0 Å². The average molecular weight is 235 g/mol. The lowest BCUT2D eigenvalue weighted by Crippen LogP contribution is -2.68. The third kappa shape index (κ3) is 1.20. The Morgan fingerprint density at radius 2 is 2.24 bits per heavy atom. The van der Waals surface area contributed by atoms with Crippen LogP contribution < -0.4 is 0 Å². The van der Waals surface area contributed by atoms with E-state index in [0.29, 0.717) is 12.7 Å². The molecule has 0 radical (unpaired) electrons. The lowest BCUT2D eigenvalue weighted by Gasteiger charge is -2.50. The van der Waals surface area contributed by atoms with Gasteiger partial charge in [0.1, 0.15) is 0 Å². The van der Waals surface area contributed by atoms with Crippen molar-refractivity contribution in [2.24, 2.45) is 11.8 Å². The molecule has 0 spiro atoms. The van der Waals surface area contributed by atoms with Crippen LogP contribution in [0.15, 0.2) is 12.2 Å². The first-order valence-corrected chi connectivity index (χ1v) is 5.31. The quantitative estimate of drug-likeness (QED) is 0.398. The topological polar surface area (TPSA) is 76.4 Å². The highest BCUT2D eigenvalue weighted by molar-refractivity contribution is 6.10. The molecular formula is C12H13NO4. The molecule has 0 amide bonds. The molecule has 0 aromatic heterocycles. The second-order valence-corrected chi connectivity index (χ2v) is 4.32. The van der Waals surface area contributed by atoms with Crippen LogP contribution in [0.2, 0.25) is 0 Å². The van der Waals surface area contributed by atoms with E-state index in [1.807, 2.05) is 0 Å². The Labute approximate surface area is 99.0 Å². The Morgan fingerprint density at radius 3 is 2.71 bits per heavy atom. The first-order valence-electron chi connectivity index (χ1n) is 5.31. The summed E-state index contributed by atoms with van der Waals surface area (Å²) in [5, 5.41) is 9.10. The van der Waals surface area contributed by atoms with Crippen molar-refractivity contribution in [1.29, 1.82) is 5.26 Å². The number of carbonyl (C=O) groups is 2. The Bertz CT molecular complexity index is 438. The highest BCUT2D eigenvalue weighted by Gasteiger charge is 2.65. The minimum Gasteiger partial charge on any atom is -0.365 e. The molecule has 90 valence electrons. The summed E-state index contributed by atoms with van der Waals surface area (Å²) in [4.78, 5) is 23.7. The number of nitriles is 1. The lowest BCUT2D eigenvalue weighted by atomic mass is 9.58. The molecule has 0 N–H and O–H groups in total. The van der Waals surface area contributed by atoms with Crippen LogP contribution in [0, 0.1) is 23.2 Å². The van der Waals surface area contributed by atoms with E-state index in [-0.39, 0.29) is 5.92 Å². The van der Waals surface area contributed by atoms with Gasteiger partial charge in [0.15, 0.2) is 17.5 Å². The molecule has 0 saturated heterocycles. The number of ether oxygens (including phenoxy) is 2. The molecule has 3 aliphatic carbocycles. The Kier molecular flexibility index (Phi) is 2.64. The molecule has 0 heterocycles. The van der Waals surface area contributed by atoms with E-state index in [0.717, 1.165) is 0 Å². The van der Waals surface area contributed by atoms with Crippen LogP contribution in [-0.4, -0.2) is 37.5 Å². The normalized spacial score (nSPS) is 43.5. The van der Waals surface area contributed by atoms with Crippen molar-refractivity contribution >= 4 is 12.1 Å². The summed E-state index contributed by atoms with van der Waals surface area (Å²) >= 11 is 0. The first kappa shape index (κ1) is 12.0. The highest BCUT2D eigenvalue weighted by Crippen LogP contribution is 2.48. The summed E-state index contributed by atoms with van der Waals surface area (Å²) in [7, 11) is 2.69. The number of fused-ring (bicyclic) bond motifs is 2. The molecule has 1 saturated carbocycles. The molecule has 4 atom stereocenters. The zero-order valence-electron chi connectivity index (χ0n) is 9.67. The number of nitrogens with zero attached hydrogens (tertiary/aromatic N) is 1. The molecule has 3 aliphatic rings. The monoisotopic (exact) mass is 235 g/mol. The Balaban J connectivity index is 2.59. The molecule has 5 nitrogen and oxygen atoms in total. The van der Waals surface area contributed by atoms with Crippen LogP contribution in [0.25, 0.3) is 0 Å².